The van der Waals surface area contributed by atoms with Crippen molar-refractivity contribution in [2.75, 3.05) is 25.1 Å². The predicted octanol–water partition coefficient (Wildman–Crippen LogP) is 2.18. The molecule has 3 heterocycles. The van der Waals surface area contributed by atoms with Gasteiger partial charge in [0, 0.05) is 26.3 Å². The quantitative estimate of drug-likeness (QED) is 0.850. The Kier molecular flexibility index (Phi) is 3.20. The van der Waals surface area contributed by atoms with Crippen molar-refractivity contribution in [2.24, 2.45) is 0 Å². The van der Waals surface area contributed by atoms with Crippen LogP contribution in [-0.4, -0.2) is 46.9 Å². The lowest BCUT2D eigenvalue weighted by atomic mass is 10.0. The van der Waals surface area contributed by atoms with Gasteiger partial charge in [0.1, 0.15) is 12.1 Å². The monoisotopic (exact) mass is 298 g/mol. The molecule has 3 rings (SSSR count). The van der Waals surface area contributed by atoms with Gasteiger partial charge in [0.2, 0.25) is 0 Å². The van der Waals surface area contributed by atoms with E-state index in [1.807, 2.05) is 0 Å². The lowest BCUT2D eigenvalue weighted by Crippen LogP contribution is -2.49. The van der Waals surface area contributed by atoms with E-state index >= 15 is 0 Å². The number of alkyl halides is 3. The third-order valence-corrected chi connectivity index (χ3v) is 3.83. The Morgan fingerprint density at radius 2 is 2.10 bits per heavy atom. The van der Waals surface area contributed by atoms with Crippen LogP contribution in [-0.2, 0) is 4.74 Å². The minimum absolute atomic E-state index is 0.126. The summed E-state index contributed by atoms with van der Waals surface area (Å²) in [7, 11) is 1.09. The minimum Gasteiger partial charge on any atom is -0.367 e. The number of ether oxygens (including phenoxy) is 1. The van der Waals surface area contributed by atoms with Crippen LogP contribution in [0.4, 0.5) is 19.0 Å². The molecule has 0 N–H and O–H groups in total. The maximum Gasteiger partial charge on any atom is 0.419 e. The van der Waals surface area contributed by atoms with Crippen molar-refractivity contribution in [3.8, 4) is 0 Å². The first-order valence-corrected chi connectivity index (χ1v) is 6.39. The molecule has 1 aliphatic heterocycles. The number of hydrogen-bond donors (Lipinski definition) is 0. The highest BCUT2D eigenvalue weighted by Crippen LogP contribution is 2.42. The van der Waals surface area contributed by atoms with E-state index in [4.69, 9.17) is 4.74 Å². The van der Waals surface area contributed by atoms with Crippen LogP contribution in [0.1, 0.15) is 6.42 Å². The van der Waals surface area contributed by atoms with E-state index in [1.54, 1.807) is 23.2 Å². The second-order valence-electron chi connectivity index (χ2n) is 4.94. The van der Waals surface area contributed by atoms with Crippen molar-refractivity contribution in [3.05, 3.63) is 24.7 Å². The number of halogens is 3. The highest BCUT2D eigenvalue weighted by molar-refractivity contribution is 5.86. The molecule has 0 amide bonds. The molecule has 0 bridgehead atoms. The first-order chi connectivity index (χ1) is 9.97. The summed E-state index contributed by atoms with van der Waals surface area (Å²) >= 11 is 0. The Hall–Kier alpha value is -1.96. The maximum atomic E-state index is 13.2. The normalized spacial score (nSPS) is 23.0. The van der Waals surface area contributed by atoms with Gasteiger partial charge in [-0.15, -0.1) is 0 Å². The maximum absolute atomic E-state index is 13.2. The van der Waals surface area contributed by atoms with E-state index in [9.17, 15) is 13.2 Å². The average Bonchev–Trinajstić information content (AvgIpc) is 2.92. The summed E-state index contributed by atoms with van der Waals surface area (Å²) in [6, 6.07) is 3.46. The molecule has 112 valence electrons. The summed E-state index contributed by atoms with van der Waals surface area (Å²) < 4.78 is 44.5. The predicted molar refractivity (Wildman–Crippen MR) is 70.0 cm³/mol. The topological polar surface area (TPSA) is 51.1 Å². The Bertz CT molecular complexity index is 658. The van der Waals surface area contributed by atoms with Crippen molar-refractivity contribution in [1.29, 1.82) is 0 Å². The van der Waals surface area contributed by atoms with Crippen LogP contribution in [0.2, 0.25) is 0 Å². The van der Waals surface area contributed by atoms with E-state index in [1.165, 1.54) is 6.33 Å². The molecular weight excluding hydrogens is 285 g/mol. The standard InChI is InChI=1S/C13H13F3N4O/c1-21-12(13(14,15)16)4-6-20(7-12)11-9-3-2-5-17-10(9)18-8-19-11/h2-3,5,8H,4,6-7H2,1H3. The van der Waals surface area contributed by atoms with Gasteiger partial charge in [-0.1, -0.05) is 0 Å². The number of fused-ring (bicyclic) bond motifs is 1. The Labute approximate surface area is 118 Å². The summed E-state index contributed by atoms with van der Waals surface area (Å²) in [4.78, 5) is 13.8. The van der Waals surface area contributed by atoms with Crippen molar-refractivity contribution in [3.63, 3.8) is 0 Å². The van der Waals surface area contributed by atoms with Gasteiger partial charge < -0.3 is 9.64 Å². The molecule has 1 atom stereocenters. The Balaban J connectivity index is 1.99. The van der Waals surface area contributed by atoms with E-state index in [2.05, 4.69) is 15.0 Å². The third kappa shape index (κ3) is 2.19. The number of hydrogen-bond acceptors (Lipinski definition) is 5. The zero-order valence-electron chi connectivity index (χ0n) is 11.3. The number of pyridine rings is 1. The molecule has 0 aromatic carbocycles. The minimum atomic E-state index is -4.42. The molecular formula is C13H13F3N4O. The van der Waals surface area contributed by atoms with Crippen LogP contribution >= 0.6 is 0 Å². The average molecular weight is 298 g/mol. The Morgan fingerprint density at radius 1 is 1.29 bits per heavy atom. The summed E-state index contributed by atoms with van der Waals surface area (Å²) in [5, 5.41) is 0.633. The van der Waals surface area contributed by atoms with Gasteiger partial charge >= 0.3 is 6.18 Å². The zero-order chi connectivity index (χ0) is 15.1. The fourth-order valence-electron chi connectivity index (χ4n) is 2.61. The molecule has 0 radical (unpaired) electrons. The second kappa shape index (κ2) is 4.80. The van der Waals surface area contributed by atoms with E-state index in [0.29, 0.717) is 16.9 Å². The fourth-order valence-corrected chi connectivity index (χ4v) is 2.61. The van der Waals surface area contributed by atoms with Gasteiger partial charge in [0.25, 0.3) is 0 Å². The highest BCUT2D eigenvalue weighted by Gasteiger charge is 2.59. The third-order valence-electron chi connectivity index (χ3n) is 3.83. The van der Waals surface area contributed by atoms with E-state index in [0.717, 1.165) is 7.11 Å². The molecule has 0 saturated carbocycles. The number of anilines is 1. The van der Waals surface area contributed by atoms with Crippen molar-refractivity contribution in [2.45, 2.75) is 18.2 Å². The number of aromatic nitrogens is 3. The molecule has 8 heteroatoms. The number of nitrogens with zero attached hydrogens (tertiary/aromatic N) is 4. The first-order valence-electron chi connectivity index (χ1n) is 6.39. The highest BCUT2D eigenvalue weighted by atomic mass is 19.4. The van der Waals surface area contributed by atoms with Gasteiger partial charge in [-0.3, -0.25) is 0 Å². The van der Waals surface area contributed by atoms with Crippen LogP contribution in [0.3, 0.4) is 0 Å². The van der Waals surface area contributed by atoms with E-state index < -0.39 is 11.8 Å². The van der Waals surface area contributed by atoms with E-state index in [-0.39, 0.29) is 19.5 Å². The Morgan fingerprint density at radius 3 is 2.76 bits per heavy atom. The van der Waals surface area contributed by atoms with Gasteiger partial charge in [0.05, 0.1) is 11.9 Å². The van der Waals surface area contributed by atoms with Crippen LogP contribution in [0, 0.1) is 0 Å². The van der Waals surface area contributed by atoms with Gasteiger partial charge in [-0.25, -0.2) is 15.0 Å². The largest absolute Gasteiger partial charge is 0.419 e. The van der Waals surface area contributed by atoms with Gasteiger partial charge in [-0.2, -0.15) is 13.2 Å². The molecule has 1 saturated heterocycles. The molecule has 0 spiro atoms. The molecule has 21 heavy (non-hydrogen) atoms. The smallest absolute Gasteiger partial charge is 0.367 e. The number of methoxy groups -OCH3 is 1. The van der Waals surface area contributed by atoms with Crippen LogP contribution in [0.5, 0.6) is 0 Å². The second-order valence-corrected chi connectivity index (χ2v) is 4.94. The molecule has 2 aromatic heterocycles. The molecule has 0 aliphatic carbocycles. The summed E-state index contributed by atoms with van der Waals surface area (Å²) in [5.74, 6) is 0.455. The van der Waals surface area contributed by atoms with Crippen molar-refractivity contribution >= 4 is 16.9 Å². The summed E-state index contributed by atoms with van der Waals surface area (Å²) in [6.45, 7) is -0.0671. The lowest BCUT2D eigenvalue weighted by molar-refractivity contribution is -0.260. The van der Waals surface area contributed by atoms with Gasteiger partial charge in [-0.05, 0) is 12.1 Å². The molecule has 1 fully saturated rings. The van der Waals surface area contributed by atoms with Gasteiger partial charge in [0.15, 0.2) is 11.2 Å². The fraction of sp³-hybridized carbons (Fsp3) is 0.462. The molecule has 1 aliphatic rings. The summed E-state index contributed by atoms with van der Waals surface area (Å²) in [5.41, 5.74) is -1.68. The zero-order valence-corrected chi connectivity index (χ0v) is 11.3. The van der Waals surface area contributed by atoms with Crippen molar-refractivity contribution in [1.82, 2.24) is 15.0 Å². The summed E-state index contributed by atoms with van der Waals surface area (Å²) in [6.07, 6.45) is -1.65. The first kappa shape index (κ1) is 14.0. The number of rotatable bonds is 2. The molecule has 2 aromatic rings. The molecule has 1 unspecified atom stereocenters. The van der Waals surface area contributed by atoms with Crippen LogP contribution in [0.15, 0.2) is 24.7 Å². The molecule has 5 nitrogen and oxygen atoms in total. The van der Waals surface area contributed by atoms with Crippen molar-refractivity contribution < 1.29 is 17.9 Å². The lowest BCUT2D eigenvalue weighted by Gasteiger charge is -2.30. The van der Waals surface area contributed by atoms with Crippen LogP contribution in [0.25, 0.3) is 11.0 Å². The SMILES string of the molecule is COC1(C(F)(F)F)CCN(c2ncnc3ncccc23)C1. The van der Waals surface area contributed by atoms with Crippen LogP contribution < -0.4 is 4.90 Å².